The molecule has 1 aromatic heterocycles. The summed E-state index contributed by atoms with van der Waals surface area (Å²) < 4.78 is 31.0. The normalized spacial score (nSPS) is 25.1. The zero-order valence-corrected chi connectivity index (χ0v) is 25.5. The molecule has 1 aliphatic carbocycles. The Labute approximate surface area is 252 Å². The molecular formula is C27H26Cl3N5O3S2. The maximum absolute atomic E-state index is 14.0. The van der Waals surface area contributed by atoms with Gasteiger partial charge in [-0.1, -0.05) is 53.0 Å². The standard InChI is InChI=1S/C27H26Cl3N5O3S2/c1-15-19-14-18(28)4-6-22(19)39-27(15)40(37,38)34-11-9-33(10-12-34)26(36)24-16(2)32-23-7-8-31-35(23)25(24)17-3-5-20(29)21(30)13-17/h3-8,13-14,19,22,25,32H,9-12H2,1-2H3. The molecule has 1 amide bonds. The zero-order chi connectivity index (χ0) is 28.3. The molecule has 1 N–H and O–H groups in total. The fourth-order valence-corrected chi connectivity index (χ4v) is 9.85. The van der Waals surface area contributed by atoms with Gasteiger partial charge in [0.1, 0.15) is 16.1 Å². The minimum Gasteiger partial charge on any atom is -0.344 e. The molecule has 6 rings (SSSR count). The number of amides is 1. The third kappa shape index (κ3) is 4.72. The number of allylic oxidation sites excluding steroid dienone is 5. The van der Waals surface area contributed by atoms with Crippen molar-refractivity contribution in [2.24, 2.45) is 5.92 Å². The van der Waals surface area contributed by atoms with Gasteiger partial charge in [-0.25, -0.2) is 13.1 Å². The molecule has 3 atom stereocenters. The number of carbonyl (C=O) groups excluding carboxylic acids is 1. The first-order valence-electron chi connectivity index (χ1n) is 12.7. The number of benzene rings is 1. The molecule has 3 unspecified atom stereocenters. The number of anilines is 1. The van der Waals surface area contributed by atoms with E-state index in [2.05, 4.69) is 10.4 Å². The lowest BCUT2D eigenvalue weighted by atomic mass is 9.94. The number of hydrogen-bond acceptors (Lipinski definition) is 6. The molecule has 1 fully saturated rings. The Balaban J connectivity index is 1.23. The predicted octanol–water partition coefficient (Wildman–Crippen LogP) is 5.61. The molecule has 0 bridgehead atoms. The molecule has 0 saturated carbocycles. The summed E-state index contributed by atoms with van der Waals surface area (Å²) in [4.78, 5) is 15.7. The zero-order valence-electron chi connectivity index (χ0n) is 21.6. The largest absolute Gasteiger partial charge is 0.344 e. The second kappa shape index (κ2) is 10.6. The van der Waals surface area contributed by atoms with Crippen LogP contribution in [0.25, 0.3) is 0 Å². The maximum Gasteiger partial charge on any atom is 0.254 e. The molecule has 0 spiro atoms. The van der Waals surface area contributed by atoms with Crippen LogP contribution in [0, 0.1) is 5.92 Å². The number of sulfonamides is 1. The minimum absolute atomic E-state index is 0.0225. The molecule has 210 valence electrons. The fraction of sp³-hybridized carbons (Fsp3) is 0.333. The van der Waals surface area contributed by atoms with E-state index in [0.717, 1.165) is 17.0 Å². The monoisotopic (exact) mass is 637 g/mol. The maximum atomic E-state index is 14.0. The Hall–Kier alpha value is -2.21. The number of thioether (sulfide) groups is 1. The van der Waals surface area contributed by atoms with E-state index >= 15 is 0 Å². The van der Waals surface area contributed by atoms with E-state index < -0.39 is 16.1 Å². The number of nitrogens with one attached hydrogen (secondary N) is 1. The molecule has 1 saturated heterocycles. The van der Waals surface area contributed by atoms with Crippen LogP contribution in [0.1, 0.15) is 25.5 Å². The van der Waals surface area contributed by atoms with Gasteiger partial charge in [-0.05, 0) is 43.2 Å². The highest BCUT2D eigenvalue weighted by molar-refractivity contribution is 8.18. The van der Waals surface area contributed by atoms with Crippen LogP contribution in [0.4, 0.5) is 5.82 Å². The van der Waals surface area contributed by atoms with Gasteiger partial charge in [0.25, 0.3) is 5.91 Å². The van der Waals surface area contributed by atoms with Crippen molar-refractivity contribution < 1.29 is 13.2 Å². The third-order valence-electron chi connectivity index (χ3n) is 7.70. The van der Waals surface area contributed by atoms with Crippen molar-refractivity contribution in [3.05, 3.63) is 90.4 Å². The number of carbonyl (C=O) groups is 1. The van der Waals surface area contributed by atoms with Crippen LogP contribution in [0.5, 0.6) is 0 Å². The summed E-state index contributed by atoms with van der Waals surface area (Å²) in [6, 6.07) is 6.62. The number of nitrogens with zero attached hydrogens (tertiary/aromatic N) is 4. The first-order valence-corrected chi connectivity index (χ1v) is 16.2. The molecule has 1 aromatic carbocycles. The summed E-state index contributed by atoms with van der Waals surface area (Å²) in [5, 5.41) is 9.20. The summed E-state index contributed by atoms with van der Waals surface area (Å²) in [6.45, 7) is 4.67. The van der Waals surface area contributed by atoms with Gasteiger partial charge in [-0.2, -0.15) is 9.40 Å². The molecule has 2 aromatic rings. The molecule has 4 heterocycles. The Morgan fingerprint density at radius 1 is 1.07 bits per heavy atom. The van der Waals surface area contributed by atoms with Gasteiger partial charge in [-0.3, -0.25) is 4.79 Å². The van der Waals surface area contributed by atoms with Gasteiger partial charge in [0.05, 0.1) is 21.8 Å². The van der Waals surface area contributed by atoms with Crippen LogP contribution >= 0.6 is 46.6 Å². The van der Waals surface area contributed by atoms with Crippen molar-refractivity contribution in [3.8, 4) is 0 Å². The highest BCUT2D eigenvalue weighted by atomic mass is 35.5. The van der Waals surface area contributed by atoms with Crippen LogP contribution in [-0.4, -0.2) is 64.7 Å². The second-order valence-corrected chi connectivity index (χ2v) is 14.7. The van der Waals surface area contributed by atoms with Crippen molar-refractivity contribution >= 4 is 68.3 Å². The average molecular weight is 639 g/mol. The summed E-state index contributed by atoms with van der Waals surface area (Å²) in [5.41, 5.74) is 2.81. The van der Waals surface area contributed by atoms with E-state index in [1.807, 2.05) is 44.2 Å². The van der Waals surface area contributed by atoms with E-state index in [4.69, 9.17) is 34.8 Å². The number of aromatic nitrogens is 2. The fourth-order valence-electron chi connectivity index (χ4n) is 5.62. The Bertz CT molecular complexity index is 1640. The summed E-state index contributed by atoms with van der Waals surface area (Å²) in [6.07, 6.45) is 7.36. The molecule has 13 heteroatoms. The average Bonchev–Trinajstić information content (AvgIpc) is 3.53. The minimum atomic E-state index is -3.70. The summed E-state index contributed by atoms with van der Waals surface area (Å²) >= 11 is 20.1. The van der Waals surface area contributed by atoms with Gasteiger partial charge in [0.2, 0.25) is 10.0 Å². The van der Waals surface area contributed by atoms with Crippen LogP contribution in [0.15, 0.2) is 74.8 Å². The lowest BCUT2D eigenvalue weighted by Crippen LogP contribution is -2.51. The highest BCUT2D eigenvalue weighted by Crippen LogP contribution is 2.49. The van der Waals surface area contributed by atoms with Crippen LogP contribution in [0.3, 0.4) is 0 Å². The van der Waals surface area contributed by atoms with E-state index in [1.54, 1.807) is 27.9 Å². The van der Waals surface area contributed by atoms with E-state index in [-0.39, 0.29) is 43.3 Å². The second-order valence-electron chi connectivity index (χ2n) is 10.1. The molecule has 3 aliphatic heterocycles. The van der Waals surface area contributed by atoms with Gasteiger partial charge in [0.15, 0.2) is 0 Å². The molecule has 4 aliphatic rings. The third-order valence-corrected chi connectivity index (χ3v) is 12.7. The van der Waals surface area contributed by atoms with E-state index in [0.29, 0.717) is 30.6 Å². The predicted molar refractivity (Wildman–Crippen MR) is 161 cm³/mol. The summed E-state index contributed by atoms with van der Waals surface area (Å²) in [5.74, 6) is 0.542. The number of rotatable bonds is 4. The summed E-state index contributed by atoms with van der Waals surface area (Å²) in [7, 11) is -3.70. The number of hydrogen-bond donors (Lipinski definition) is 1. The molecule has 0 radical (unpaired) electrons. The Morgan fingerprint density at radius 2 is 1.82 bits per heavy atom. The Morgan fingerprint density at radius 3 is 2.55 bits per heavy atom. The quantitative estimate of drug-likeness (QED) is 0.469. The lowest BCUT2D eigenvalue weighted by Gasteiger charge is -2.37. The molecule has 8 nitrogen and oxygen atoms in total. The van der Waals surface area contributed by atoms with Crippen LogP contribution in [-0.2, 0) is 14.8 Å². The first-order chi connectivity index (χ1) is 19.1. The Kier molecular flexibility index (Phi) is 7.38. The van der Waals surface area contributed by atoms with E-state index in [1.165, 1.54) is 16.1 Å². The van der Waals surface area contributed by atoms with Crippen molar-refractivity contribution in [1.82, 2.24) is 19.0 Å². The van der Waals surface area contributed by atoms with Crippen molar-refractivity contribution in [2.75, 3.05) is 31.5 Å². The number of piperazine rings is 1. The van der Waals surface area contributed by atoms with Crippen LogP contribution < -0.4 is 5.32 Å². The molecular weight excluding hydrogens is 613 g/mol. The molecule has 40 heavy (non-hydrogen) atoms. The van der Waals surface area contributed by atoms with Crippen molar-refractivity contribution in [1.29, 1.82) is 0 Å². The SMILES string of the molecule is CC1=C(C(=O)N2CCN(S(=O)(=O)C3=C(C)C4C=C(Cl)C=CC4S3)CC2)C(c2ccc(Cl)c(Cl)c2)n2nccc2N1. The lowest BCUT2D eigenvalue weighted by molar-refractivity contribution is -0.128. The highest BCUT2D eigenvalue weighted by Gasteiger charge is 2.42. The van der Waals surface area contributed by atoms with Gasteiger partial charge in [0, 0.05) is 54.1 Å². The van der Waals surface area contributed by atoms with Crippen LogP contribution in [0.2, 0.25) is 10.0 Å². The van der Waals surface area contributed by atoms with E-state index in [9.17, 15) is 13.2 Å². The smallest absolute Gasteiger partial charge is 0.254 e. The van der Waals surface area contributed by atoms with Crippen molar-refractivity contribution in [2.45, 2.75) is 25.1 Å². The van der Waals surface area contributed by atoms with Crippen molar-refractivity contribution in [3.63, 3.8) is 0 Å². The van der Waals surface area contributed by atoms with Gasteiger partial charge < -0.3 is 10.2 Å². The van der Waals surface area contributed by atoms with Gasteiger partial charge in [-0.15, -0.1) is 11.8 Å². The number of fused-ring (bicyclic) bond motifs is 2. The topological polar surface area (TPSA) is 87.5 Å². The van der Waals surface area contributed by atoms with Gasteiger partial charge >= 0.3 is 0 Å². The first kappa shape index (κ1) is 27.9. The number of halogens is 3.